The number of rotatable bonds is 6. The molecule has 0 spiro atoms. The van der Waals surface area contributed by atoms with E-state index >= 15 is 0 Å². The van der Waals surface area contributed by atoms with Crippen molar-refractivity contribution in [1.29, 1.82) is 0 Å². The molecule has 0 aliphatic rings. The molecule has 0 saturated heterocycles. The third-order valence-corrected chi connectivity index (χ3v) is 4.30. The molecular formula is C10H15ClF2N2O2S2. The Morgan fingerprint density at radius 1 is 1.42 bits per heavy atom. The Kier molecular flexibility index (Phi) is 7.23. The Morgan fingerprint density at radius 2 is 2.05 bits per heavy atom. The Balaban J connectivity index is 0.00000324. The maximum Gasteiger partial charge on any atom is 0.273 e. The van der Waals surface area contributed by atoms with E-state index in [1.165, 1.54) is 23.9 Å². The molecular weight excluding hydrogens is 318 g/mol. The van der Waals surface area contributed by atoms with E-state index in [4.69, 9.17) is 5.73 Å². The number of nitrogens with two attached hydrogens (primary N) is 1. The van der Waals surface area contributed by atoms with E-state index in [1.807, 2.05) is 4.72 Å². The largest absolute Gasteiger partial charge is 0.325 e. The number of benzene rings is 1. The van der Waals surface area contributed by atoms with Crippen LogP contribution in [0, 0.1) is 0 Å². The van der Waals surface area contributed by atoms with Crippen LogP contribution in [0.5, 0.6) is 0 Å². The van der Waals surface area contributed by atoms with Gasteiger partial charge in [0.25, 0.3) is 5.92 Å². The Hall–Kier alpha value is -0.410. The first-order valence-electron chi connectivity index (χ1n) is 5.02. The maximum absolute atomic E-state index is 12.9. The van der Waals surface area contributed by atoms with Gasteiger partial charge in [-0.15, -0.1) is 24.2 Å². The summed E-state index contributed by atoms with van der Waals surface area (Å²) >= 11 is 1.37. The second-order valence-corrected chi connectivity index (χ2v) is 6.21. The summed E-state index contributed by atoms with van der Waals surface area (Å²) in [6.07, 6.45) is 1.79. The molecule has 1 aromatic carbocycles. The summed E-state index contributed by atoms with van der Waals surface area (Å²) in [6, 6.07) is 6.07. The summed E-state index contributed by atoms with van der Waals surface area (Å²) < 4.78 is 51.2. The normalized spacial score (nSPS) is 12.0. The van der Waals surface area contributed by atoms with Gasteiger partial charge in [-0.3, -0.25) is 0 Å². The summed E-state index contributed by atoms with van der Waals surface area (Å²) in [5.74, 6) is -3.25. The Labute approximate surface area is 121 Å². The van der Waals surface area contributed by atoms with Gasteiger partial charge in [0.15, 0.2) is 0 Å². The van der Waals surface area contributed by atoms with Gasteiger partial charge in [-0.25, -0.2) is 21.9 Å². The highest BCUT2D eigenvalue weighted by atomic mass is 35.5. The molecule has 0 atom stereocenters. The van der Waals surface area contributed by atoms with Gasteiger partial charge in [-0.1, -0.05) is 6.07 Å². The van der Waals surface area contributed by atoms with Crippen molar-refractivity contribution in [3.63, 3.8) is 0 Å². The first-order chi connectivity index (χ1) is 8.30. The number of hydrogen-bond donors (Lipinski definition) is 2. The Morgan fingerprint density at radius 3 is 2.58 bits per heavy atom. The standard InChI is InChI=1S/C10H14F2N2O2S2.ClH/c1-17-8-3-2-4-9(5-8)18(15,16)14-7-10(11,12)6-13;/h2-5,14H,6-7,13H2,1H3;1H. The molecule has 0 saturated carbocycles. The van der Waals surface area contributed by atoms with Gasteiger partial charge in [0.1, 0.15) is 0 Å². The number of alkyl halides is 2. The number of halogens is 3. The van der Waals surface area contributed by atoms with Crippen LogP contribution < -0.4 is 10.5 Å². The van der Waals surface area contributed by atoms with E-state index < -0.39 is 29.0 Å². The van der Waals surface area contributed by atoms with Crippen molar-refractivity contribution < 1.29 is 17.2 Å². The van der Waals surface area contributed by atoms with Crippen molar-refractivity contribution in [3.05, 3.63) is 24.3 Å². The Bertz CT molecular complexity index is 512. The van der Waals surface area contributed by atoms with E-state index in [9.17, 15) is 17.2 Å². The van der Waals surface area contributed by atoms with Crippen molar-refractivity contribution in [2.75, 3.05) is 19.3 Å². The van der Waals surface area contributed by atoms with Gasteiger partial charge in [0.2, 0.25) is 10.0 Å². The third-order valence-electron chi connectivity index (χ3n) is 2.17. The van der Waals surface area contributed by atoms with Crippen LogP contribution in [0.3, 0.4) is 0 Å². The SMILES string of the molecule is CSc1cccc(S(=O)(=O)NCC(F)(F)CN)c1.Cl. The molecule has 0 aliphatic heterocycles. The lowest BCUT2D eigenvalue weighted by Gasteiger charge is -2.14. The highest BCUT2D eigenvalue weighted by Gasteiger charge is 2.29. The van der Waals surface area contributed by atoms with Crippen LogP contribution in [0.2, 0.25) is 0 Å². The van der Waals surface area contributed by atoms with Crippen molar-refractivity contribution in [3.8, 4) is 0 Å². The topological polar surface area (TPSA) is 72.2 Å². The molecule has 19 heavy (non-hydrogen) atoms. The van der Waals surface area contributed by atoms with Crippen LogP contribution in [0.25, 0.3) is 0 Å². The molecule has 4 nitrogen and oxygen atoms in total. The van der Waals surface area contributed by atoms with Gasteiger partial charge in [-0.2, -0.15) is 0 Å². The average Bonchev–Trinajstić information content (AvgIpc) is 2.37. The minimum Gasteiger partial charge on any atom is -0.325 e. The van der Waals surface area contributed by atoms with Crippen LogP contribution in [0.4, 0.5) is 8.78 Å². The molecule has 0 aliphatic carbocycles. The average molecular weight is 333 g/mol. The van der Waals surface area contributed by atoms with E-state index in [0.29, 0.717) is 0 Å². The lowest BCUT2D eigenvalue weighted by atomic mass is 10.3. The fourth-order valence-corrected chi connectivity index (χ4v) is 2.77. The fourth-order valence-electron chi connectivity index (χ4n) is 1.12. The number of thioether (sulfide) groups is 1. The van der Waals surface area contributed by atoms with Gasteiger partial charge < -0.3 is 5.73 Å². The number of sulfonamides is 1. The first-order valence-corrected chi connectivity index (χ1v) is 7.73. The third kappa shape index (κ3) is 5.62. The van der Waals surface area contributed by atoms with Crippen molar-refractivity contribution in [2.45, 2.75) is 15.7 Å². The van der Waals surface area contributed by atoms with Crippen LogP contribution in [0.15, 0.2) is 34.1 Å². The summed E-state index contributed by atoms with van der Waals surface area (Å²) in [4.78, 5) is 0.700. The zero-order valence-corrected chi connectivity index (χ0v) is 12.5. The highest BCUT2D eigenvalue weighted by molar-refractivity contribution is 7.98. The second kappa shape index (κ2) is 7.39. The summed E-state index contributed by atoms with van der Waals surface area (Å²) in [5, 5.41) is 0. The summed E-state index contributed by atoms with van der Waals surface area (Å²) in [7, 11) is -3.94. The highest BCUT2D eigenvalue weighted by Crippen LogP contribution is 2.19. The zero-order valence-electron chi connectivity index (χ0n) is 10.1. The molecule has 0 radical (unpaired) electrons. The smallest absolute Gasteiger partial charge is 0.273 e. The lowest BCUT2D eigenvalue weighted by molar-refractivity contribution is 0.0170. The molecule has 0 heterocycles. The summed E-state index contributed by atoms with van der Waals surface area (Å²) in [5.41, 5.74) is 4.83. The van der Waals surface area contributed by atoms with Gasteiger partial charge in [0, 0.05) is 4.90 Å². The fraction of sp³-hybridized carbons (Fsp3) is 0.400. The predicted octanol–water partition coefficient (Wildman–Crippen LogP) is 1.70. The lowest BCUT2D eigenvalue weighted by Crippen LogP contribution is -2.41. The molecule has 110 valence electrons. The van der Waals surface area contributed by atoms with Crippen molar-refractivity contribution >= 4 is 34.2 Å². The van der Waals surface area contributed by atoms with Gasteiger partial charge in [0.05, 0.1) is 18.0 Å². The minimum absolute atomic E-state index is 0. The van der Waals surface area contributed by atoms with E-state index in [-0.39, 0.29) is 17.3 Å². The molecule has 9 heteroatoms. The quantitative estimate of drug-likeness (QED) is 0.778. The van der Waals surface area contributed by atoms with Crippen LogP contribution >= 0.6 is 24.2 Å². The van der Waals surface area contributed by atoms with Crippen molar-refractivity contribution in [1.82, 2.24) is 4.72 Å². The van der Waals surface area contributed by atoms with Gasteiger partial charge in [-0.05, 0) is 24.5 Å². The number of hydrogen-bond acceptors (Lipinski definition) is 4. The molecule has 1 rings (SSSR count). The molecule has 0 unspecified atom stereocenters. The maximum atomic E-state index is 12.9. The van der Waals surface area contributed by atoms with Crippen molar-refractivity contribution in [2.24, 2.45) is 5.73 Å². The van der Waals surface area contributed by atoms with Crippen LogP contribution in [0.1, 0.15) is 0 Å². The second-order valence-electron chi connectivity index (χ2n) is 3.56. The molecule has 0 fully saturated rings. The van der Waals surface area contributed by atoms with Crippen LogP contribution in [-0.2, 0) is 10.0 Å². The molecule has 0 aromatic heterocycles. The van der Waals surface area contributed by atoms with Crippen LogP contribution in [-0.4, -0.2) is 33.7 Å². The minimum atomic E-state index is -3.94. The first kappa shape index (κ1) is 18.6. The monoisotopic (exact) mass is 332 g/mol. The zero-order chi connectivity index (χ0) is 13.8. The molecule has 0 bridgehead atoms. The summed E-state index contributed by atoms with van der Waals surface area (Å²) in [6.45, 7) is -1.91. The van der Waals surface area contributed by atoms with E-state index in [0.717, 1.165) is 4.90 Å². The van der Waals surface area contributed by atoms with Gasteiger partial charge >= 0.3 is 0 Å². The molecule has 0 amide bonds. The number of nitrogens with one attached hydrogen (secondary N) is 1. The van der Waals surface area contributed by atoms with E-state index in [2.05, 4.69) is 0 Å². The van der Waals surface area contributed by atoms with E-state index in [1.54, 1.807) is 18.4 Å². The predicted molar refractivity (Wildman–Crippen MR) is 74.7 cm³/mol. The molecule has 1 aromatic rings. The molecule has 3 N–H and O–H groups in total.